The van der Waals surface area contributed by atoms with Gasteiger partial charge in [-0.25, -0.2) is 0 Å². The lowest BCUT2D eigenvalue weighted by Gasteiger charge is -2.23. The van der Waals surface area contributed by atoms with E-state index in [-0.39, 0.29) is 0 Å². The van der Waals surface area contributed by atoms with Gasteiger partial charge in [-0.1, -0.05) is 48.3 Å². The first kappa shape index (κ1) is 14.5. The largest absolute Gasteiger partial charge is 0.379 e. The van der Waals surface area contributed by atoms with E-state index in [4.69, 9.17) is 12.2 Å². The summed E-state index contributed by atoms with van der Waals surface area (Å²) < 4.78 is 1.02. The first-order valence-corrected chi connectivity index (χ1v) is 9.70. The minimum Gasteiger partial charge on any atom is -0.379 e. The van der Waals surface area contributed by atoms with Gasteiger partial charge in [0.05, 0.1) is 6.08 Å². The first-order valence-electron chi connectivity index (χ1n) is 7.24. The Hall–Kier alpha value is -1.46. The van der Waals surface area contributed by atoms with Gasteiger partial charge < -0.3 is 5.32 Å². The van der Waals surface area contributed by atoms with Crippen molar-refractivity contribution in [3.8, 4) is 0 Å². The van der Waals surface area contributed by atoms with Crippen LogP contribution in [-0.2, 0) is 0 Å². The number of hydrogen-bond donors (Lipinski definition) is 1. The zero-order chi connectivity index (χ0) is 14.7. The summed E-state index contributed by atoms with van der Waals surface area (Å²) in [6.45, 7) is -1.54. The fraction of sp³-hybridized carbons (Fsp3) is 0.222. The molecule has 1 aliphatic carbocycles. The normalized spacial score (nSPS) is 26.7. The quantitative estimate of drug-likeness (QED) is 0.521. The van der Waals surface area contributed by atoms with E-state index in [1.54, 1.807) is 0 Å². The highest BCUT2D eigenvalue weighted by molar-refractivity contribution is 8.09. The molecule has 1 aliphatic heterocycles. The van der Waals surface area contributed by atoms with Crippen molar-refractivity contribution in [2.45, 2.75) is 6.42 Å². The molecule has 21 heavy (non-hydrogen) atoms. The molecule has 0 saturated carbocycles. The average Bonchev–Trinajstić information content (AvgIpc) is 3.02. The highest BCUT2D eigenvalue weighted by Crippen LogP contribution is 2.53. The van der Waals surface area contributed by atoms with Gasteiger partial charge in [-0.15, -0.1) is 0 Å². The van der Waals surface area contributed by atoms with Crippen molar-refractivity contribution in [1.82, 2.24) is 5.32 Å². The molecule has 0 spiro atoms. The first-order chi connectivity index (χ1) is 10.3. The van der Waals surface area contributed by atoms with Gasteiger partial charge in [-0.05, 0) is 24.8 Å². The van der Waals surface area contributed by atoms with Gasteiger partial charge in [-0.2, -0.15) is 0 Å². The van der Waals surface area contributed by atoms with Gasteiger partial charge in [0.2, 0.25) is 0 Å². The van der Waals surface area contributed by atoms with Crippen LogP contribution >= 0.6 is 19.1 Å². The Morgan fingerprint density at radius 2 is 2.10 bits per heavy atom. The van der Waals surface area contributed by atoms with Gasteiger partial charge >= 0.3 is 0 Å². The summed E-state index contributed by atoms with van der Waals surface area (Å²) in [6.07, 6.45) is 14.0. The van der Waals surface area contributed by atoms with Gasteiger partial charge in [0.15, 0.2) is 0 Å². The number of allylic oxidation sites excluding steroid dienone is 6. The standard InChI is InChI=1S/C18H18NPS/c1-19-18(21)20(17-10-6-3-7-11-17)13-12-16(14-20)15-8-4-2-5-9-15/h2-8,10-11,14,16H,12-13H2,1H3/p+1. The maximum absolute atomic E-state index is 5.71. The van der Waals surface area contributed by atoms with Gasteiger partial charge in [0, 0.05) is 31.2 Å². The van der Waals surface area contributed by atoms with Crippen LogP contribution in [0.25, 0.3) is 0 Å². The van der Waals surface area contributed by atoms with Crippen molar-refractivity contribution in [3.63, 3.8) is 0 Å². The summed E-state index contributed by atoms with van der Waals surface area (Å²) in [4.78, 5) is 0. The Balaban J connectivity index is 2.06. The summed E-state index contributed by atoms with van der Waals surface area (Å²) in [5, 5.41) is 4.65. The van der Waals surface area contributed by atoms with Crippen molar-refractivity contribution >= 4 is 34.9 Å². The Morgan fingerprint density at radius 3 is 2.76 bits per heavy atom. The van der Waals surface area contributed by atoms with Crippen LogP contribution in [0.2, 0.25) is 0 Å². The van der Waals surface area contributed by atoms with E-state index < -0.39 is 6.89 Å². The number of benzene rings is 1. The van der Waals surface area contributed by atoms with E-state index in [0.29, 0.717) is 5.92 Å². The van der Waals surface area contributed by atoms with Crippen LogP contribution in [-0.4, -0.2) is 23.7 Å². The summed E-state index contributed by atoms with van der Waals surface area (Å²) >= 11 is 5.71. The fourth-order valence-electron chi connectivity index (χ4n) is 3.07. The zero-order valence-electron chi connectivity index (χ0n) is 12.1. The SMILES string of the molecule is CNC(=S)P1(c2ccccc2)=CC(C2=CC=CC=[C+]2)CC1. The van der Waals surface area contributed by atoms with Gasteiger partial charge in [0.1, 0.15) is 16.4 Å². The van der Waals surface area contributed by atoms with Crippen molar-refractivity contribution in [2.24, 2.45) is 5.92 Å². The lowest BCUT2D eigenvalue weighted by atomic mass is 9.96. The molecule has 2 aliphatic rings. The van der Waals surface area contributed by atoms with Crippen LogP contribution in [0, 0.1) is 12.0 Å². The number of nitrogens with one attached hydrogen (secondary N) is 1. The molecule has 0 aromatic heterocycles. The Bertz CT molecular complexity index is 682. The monoisotopic (exact) mass is 312 g/mol. The lowest BCUT2D eigenvalue weighted by molar-refractivity contribution is 0.822. The third kappa shape index (κ3) is 2.68. The average molecular weight is 312 g/mol. The molecule has 0 radical (unpaired) electrons. The second-order valence-electron chi connectivity index (χ2n) is 5.35. The van der Waals surface area contributed by atoms with E-state index in [9.17, 15) is 0 Å². The molecule has 1 aromatic carbocycles. The minimum absolute atomic E-state index is 0.464. The molecule has 1 aromatic rings. The topological polar surface area (TPSA) is 12.0 Å². The van der Waals surface area contributed by atoms with Crippen molar-refractivity contribution < 1.29 is 0 Å². The molecular weight excluding hydrogens is 293 g/mol. The predicted molar refractivity (Wildman–Crippen MR) is 98.7 cm³/mol. The molecule has 1 nitrogen and oxygen atoms in total. The number of hydrogen-bond acceptors (Lipinski definition) is 1. The molecule has 1 heterocycles. The van der Waals surface area contributed by atoms with Gasteiger partial charge in [0.25, 0.3) is 0 Å². The molecule has 0 amide bonds. The molecule has 3 rings (SSSR count). The second-order valence-corrected chi connectivity index (χ2v) is 9.50. The highest BCUT2D eigenvalue weighted by atomic mass is 32.1. The van der Waals surface area contributed by atoms with Crippen LogP contribution in [0.4, 0.5) is 0 Å². The molecular formula is C18H19NPS+. The number of rotatable bonds is 3. The fourth-order valence-corrected chi connectivity index (χ4v) is 7.71. The zero-order valence-corrected chi connectivity index (χ0v) is 13.8. The van der Waals surface area contributed by atoms with Crippen molar-refractivity contribution in [3.05, 3.63) is 66.3 Å². The predicted octanol–water partition coefficient (Wildman–Crippen LogP) is 3.51. The van der Waals surface area contributed by atoms with Gasteiger partial charge in [-0.3, -0.25) is 0 Å². The Kier molecular flexibility index (Phi) is 4.22. The van der Waals surface area contributed by atoms with E-state index in [2.05, 4.69) is 59.7 Å². The smallest absolute Gasteiger partial charge is 0.122 e. The molecule has 2 atom stereocenters. The van der Waals surface area contributed by atoms with E-state index in [1.165, 1.54) is 10.9 Å². The molecule has 0 fully saturated rings. The highest BCUT2D eigenvalue weighted by Gasteiger charge is 2.34. The molecule has 0 saturated heterocycles. The summed E-state index contributed by atoms with van der Waals surface area (Å²) in [7, 11) is 1.95. The molecule has 1 N–H and O–H groups in total. The minimum atomic E-state index is -1.54. The Labute approximate surface area is 132 Å². The lowest BCUT2D eigenvalue weighted by Crippen LogP contribution is -2.23. The van der Waals surface area contributed by atoms with Crippen molar-refractivity contribution in [2.75, 3.05) is 13.2 Å². The molecule has 3 heteroatoms. The van der Waals surface area contributed by atoms with Crippen LogP contribution < -0.4 is 10.6 Å². The van der Waals surface area contributed by atoms with Crippen molar-refractivity contribution in [1.29, 1.82) is 0 Å². The number of thiocarbonyl (C=S) groups is 1. The van der Waals surface area contributed by atoms with E-state index >= 15 is 0 Å². The molecule has 2 unspecified atom stereocenters. The van der Waals surface area contributed by atoms with Crippen LogP contribution in [0.1, 0.15) is 6.42 Å². The second kappa shape index (κ2) is 6.12. The van der Waals surface area contributed by atoms with Crippen LogP contribution in [0.15, 0.2) is 60.2 Å². The Morgan fingerprint density at radius 1 is 1.29 bits per heavy atom. The van der Waals surface area contributed by atoms with Crippen LogP contribution in [0.5, 0.6) is 0 Å². The third-order valence-corrected chi connectivity index (χ3v) is 9.34. The maximum Gasteiger partial charge on any atom is 0.122 e. The van der Waals surface area contributed by atoms with E-state index in [0.717, 1.165) is 17.3 Å². The third-order valence-electron chi connectivity index (χ3n) is 4.15. The summed E-state index contributed by atoms with van der Waals surface area (Å²) in [6, 6.07) is 10.8. The summed E-state index contributed by atoms with van der Waals surface area (Å²) in [5.41, 5.74) is 1.29. The summed E-state index contributed by atoms with van der Waals surface area (Å²) in [5.74, 6) is 2.98. The maximum atomic E-state index is 5.71. The van der Waals surface area contributed by atoms with E-state index in [1.807, 2.05) is 19.2 Å². The molecule has 106 valence electrons. The molecule has 0 bridgehead atoms. The van der Waals surface area contributed by atoms with Crippen LogP contribution in [0.3, 0.4) is 0 Å².